The number of benzene rings is 1. The van der Waals surface area contributed by atoms with Gasteiger partial charge in [0.05, 0.1) is 19.1 Å². The van der Waals surface area contributed by atoms with Gasteiger partial charge in [-0.05, 0) is 32.1 Å². The SMILES string of the molecule is CCCC1COC(C2CCC(C(F)(F)Oc3cc(F)c(OCF)c(F)c3)CC2)OC1. The molecule has 2 fully saturated rings. The molecule has 2 aliphatic rings. The third-order valence-electron chi connectivity index (χ3n) is 5.75. The summed E-state index contributed by atoms with van der Waals surface area (Å²) in [4.78, 5) is 0. The van der Waals surface area contributed by atoms with Gasteiger partial charge in [0, 0.05) is 24.0 Å². The van der Waals surface area contributed by atoms with Crippen LogP contribution < -0.4 is 9.47 Å². The van der Waals surface area contributed by atoms with Gasteiger partial charge in [-0.1, -0.05) is 13.3 Å². The fourth-order valence-electron chi connectivity index (χ4n) is 4.16. The number of hydrogen-bond acceptors (Lipinski definition) is 4. The van der Waals surface area contributed by atoms with Gasteiger partial charge in [-0.25, -0.2) is 13.2 Å². The van der Waals surface area contributed by atoms with Crippen molar-refractivity contribution >= 4 is 0 Å². The van der Waals surface area contributed by atoms with Crippen molar-refractivity contribution in [1.82, 2.24) is 0 Å². The second kappa shape index (κ2) is 10.1. The molecule has 0 unspecified atom stereocenters. The van der Waals surface area contributed by atoms with E-state index in [1.54, 1.807) is 0 Å². The maximum atomic E-state index is 14.6. The highest BCUT2D eigenvalue weighted by atomic mass is 19.3. The second-order valence-corrected chi connectivity index (χ2v) is 7.93. The average Bonchev–Trinajstić information content (AvgIpc) is 2.71. The number of alkyl halides is 3. The number of halogens is 5. The molecule has 0 radical (unpaired) electrons. The highest BCUT2D eigenvalue weighted by molar-refractivity contribution is 5.35. The molecule has 170 valence electrons. The van der Waals surface area contributed by atoms with Crippen molar-refractivity contribution in [3.63, 3.8) is 0 Å². The predicted octanol–water partition coefficient (Wildman–Crippen LogP) is 5.84. The quantitative estimate of drug-likeness (QED) is 0.478. The van der Waals surface area contributed by atoms with Gasteiger partial charge in [-0.3, -0.25) is 0 Å². The average molecular weight is 438 g/mol. The Labute approximate surface area is 172 Å². The maximum Gasteiger partial charge on any atom is 0.400 e. The summed E-state index contributed by atoms with van der Waals surface area (Å²) >= 11 is 0. The molecule has 1 aliphatic heterocycles. The lowest BCUT2D eigenvalue weighted by atomic mass is 9.80. The van der Waals surface area contributed by atoms with Crippen molar-refractivity contribution < 1.29 is 40.9 Å². The summed E-state index contributed by atoms with van der Waals surface area (Å²) in [5.74, 6) is -4.95. The number of rotatable bonds is 8. The maximum absolute atomic E-state index is 14.6. The molecule has 4 nitrogen and oxygen atoms in total. The Morgan fingerprint density at radius 3 is 2.17 bits per heavy atom. The molecule has 0 N–H and O–H groups in total. The van der Waals surface area contributed by atoms with Crippen LogP contribution >= 0.6 is 0 Å². The van der Waals surface area contributed by atoms with E-state index in [-0.39, 0.29) is 25.0 Å². The first-order valence-electron chi connectivity index (χ1n) is 10.3. The summed E-state index contributed by atoms with van der Waals surface area (Å²) in [5, 5.41) is 0. The van der Waals surface area contributed by atoms with Crippen LogP contribution in [-0.2, 0) is 9.47 Å². The first kappa shape index (κ1) is 23.1. The van der Waals surface area contributed by atoms with Gasteiger partial charge in [0.2, 0.25) is 6.86 Å². The molecule has 30 heavy (non-hydrogen) atoms. The molecule has 1 aromatic carbocycles. The van der Waals surface area contributed by atoms with Gasteiger partial charge in [0.15, 0.2) is 23.7 Å². The van der Waals surface area contributed by atoms with Crippen molar-refractivity contribution in [3.8, 4) is 11.5 Å². The molecule has 0 spiro atoms. The summed E-state index contributed by atoms with van der Waals surface area (Å²) in [7, 11) is 0. The Kier molecular flexibility index (Phi) is 7.79. The minimum absolute atomic E-state index is 0.0339. The monoisotopic (exact) mass is 438 g/mol. The van der Waals surface area contributed by atoms with E-state index in [2.05, 4.69) is 16.4 Å². The lowest BCUT2D eigenvalue weighted by molar-refractivity contribution is -0.247. The predicted molar refractivity (Wildman–Crippen MR) is 98.1 cm³/mol. The van der Waals surface area contributed by atoms with Crippen LogP contribution in [0.1, 0.15) is 45.4 Å². The van der Waals surface area contributed by atoms with Gasteiger partial charge in [0.25, 0.3) is 0 Å². The Balaban J connectivity index is 1.53. The summed E-state index contributed by atoms with van der Waals surface area (Å²) in [5.41, 5.74) is 0. The van der Waals surface area contributed by atoms with E-state index in [0.29, 0.717) is 44.1 Å². The Morgan fingerprint density at radius 1 is 1.03 bits per heavy atom. The topological polar surface area (TPSA) is 36.9 Å². The van der Waals surface area contributed by atoms with Crippen LogP contribution in [0.4, 0.5) is 22.0 Å². The first-order chi connectivity index (χ1) is 14.3. The molecule has 1 saturated heterocycles. The van der Waals surface area contributed by atoms with E-state index >= 15 is 0 Å². The van der Waals surface area contributed by atoms with Gasteiger partial charge < -0.3 is 18.9 Å². The highest BCUT2D eigenvalue weighted by Crippen LogP contribution is 2.42. The number of ether oxygens (including phenoxy) is 4. The second-order valence-electron chi connectivity index (χ2n) is 7.93. The minimum atomic E-state index is -3.60. The van der Waals surface area contributed by atoms with Crippen LogP contribution in [0.2, 0.25) is 0 Å². The van der Waals surface area contributed by atoms with Crippen LogP contribution in [0.5, 0.6) is 11.5 Å². The Morgan fingerprint density at radius 2 is 1.63 bits per heavy atom. The summed E-state index contributed by atoms with van der Waals surface area (Å²) in [6.45, 7) is 1.90. The molecular formula is C21H27F5O4. The molecule has 1 aromatic rings. The van der Waals surface area contributed by atoms with E-state index < -0.39 is 42.0 Å². The largest absolute Gasteiger partial charge is 0.457 e. The molecule has 1 aliphatic carbocycles. The summed E-state index contributed by atoms with van der Waals surface area (Å²) < 4.78 is 89.3. The van der Waals surface area contributed by atoms with E-state index in [1.807, 2.05) is 0 Å². The van der Waals surface area contributed by atoms with Gasteiger partial charge in [0.1, 0.15) is 5.75 Å². The molecule has 3 rings (SSSR count). The zero-order valence-corrected chi connectivity index (χ0v) is 16.9. The van der Waals surface area contributed by atoms with Crippen LogP contribution in [0, 0.1) is 29.4 Å². The Hall–Kier alpha value is -1.61. The van der Waals surface area contributed by atoms with Crippen molar-refractivity contribution in [2.75, 3.05) is 20.1 Å². The lowest BCUT2D eigenvalue weighted by Gasteiger charge is -2.39. The normalized spacial score (nSPS) is 27.7. The minimum Gasteiger partial charge on any atom is -0.457 e. The van der Waals surface area contributed by atoms with E-state index in [9.17, 15) is 22.0 Å². The first-order valence-corrected chi connectivity index (χ1v) is 10.3. The molecule has 1 heterocycles. The standard InChI is InChI=1S/C21H27F5O4/c1-2-3-13-10-27-20(28-11-13)14-4-6-15(7-5-14)21(25,26)30-16-8-17(23)19(29-12-22)18(24)9-16/h8-9,13-15,20H,2-7,10-12H2,1H3. The molecule has 0 aromatic heterocycles. The third kappa shape index (κ3) is 5.55. The van der Waals surface area contributed by atoms with E-state index in [4.69, 9.17) is 9.47 Å². The van der Waals surface area contributed by atoms with Gasteiger partial charge >= 0.3 is 6.11 Å². The van der Waals surface area contributed by atoms with Crippen molar-refractivity contribution in [1.29, 1.82) is 0 Å². The van der Waals surface area contributed by atoms with Crippen molar-refractivity contribution in [2.45, 2.75) is 57.8 Å². The Bertz CT molecular complexity index is 663. The summed E-state index contributed by atoms with van der Waals surface area (Å²) in [6.07, 6.45) is -0.572. The molecule has 9 heteroatoms. The van der Waals surface area contributed by atoms with Crippen LogP contribution in [0.25, 0.3) is 0 Å². The van der Waals surface area contributed by atoms with Gasteiger partial charge in [-0.15, -0.1) is 0 Å². The smallest absolute Gasteiger partial charge is 0.400 e. The van der Waals surface area contributed by atoms with Gasteiger partial charge in [-0.2, -0.15) is 8.78 Å². The van der Waals surface area contributed by atoms with Crippen molar-refractivity contribution in [3.05, 3.63) is 23.8 Å². The van der Waals surface area contributed by atoms with Crippen LogP contribution in [-0.4, -0.2) is 32.5 Å². The molecule has 1 saturated carbocycles. The molecular weight excluding hydrogens is 411 g/mol. The lowest BCUT2D eigenvalue weighted by Crippen LogP contribution is -2.42. The number of hydrogen-bond donors (Lipinski definition) is 0. The zero-order chi connectivity index (χ0) is 21.7. The van der Waals surface area contributed by atoms with Crippen molar-refractivity contribution in [2.24, 2.45) is 17.8 Å². The van der Waals surface area contributed by atoms with Crippen LogP contribution in [0.15, 0.2) is 12.1 Å². The molecule has 0 bridgehead atoms. The van der Waals surface area contributed by atoms with E-state index in [1.165, 1.54) is 0 Å². The molecule has 0 amide bonds. The zero-order valence-electron chi connectivity index (χ0n) is 16.9. The fourth-order valence-corrected chi connectivity index (χ4v) is 4.16. The molecule has 0 atom stereocenters. The van der Waals surface area contributed by atoms with E-state index in [0.717, 1.165) is 12.8 Å². The summed E-state index contributed by atoms with van der Waals surface area (Å²) in [6, 6.07) is 1.12. The van der Waals surface area contributed by atoms with Crippen LogP contribution in [0.3, 0.4) is 0 Å². The fraction of sp³-hybridized carbons (Fsp3) is 0.714. The third-order valence-corrected chi connectivity index (χ3v) is 5.75. The highest BCUT2D eigenvalue weighted by Gasteiger charge is 2.45.